The van der Waals surface area contributed by atoms with Gasteiger partial charge in [-0.1, -0.05) is 36.4 Å². The topological polar surface area (TPSA) is 119 Å². The van der Waals surface area contributed by atoms with Crippen molar-refractivity contribution in [1.29, 1.82) is 0 Å². The predicted octanol–water partition coefficient (Wildman–Crippen LogP) is 8.87. The van der Waals surface area contributed by atoms with E-state index in [1.54, 1.807) is 26.2 Å². The molecular weight excluding hydrogens is 745 g/mol. The van der Waals surface area contributed by atoms with Crippen LogP contribution in [0.4, 0.5) is 22.7 Å². The molecule has 0 saturated carbocycles. The number of Topliss-reactive ketones (excluding diaryl/α,β-unsaturated/α-hetero) is 1. The largest absolute Gasteiger partial charge is 0.494 e. The first kappa shape index (κ1) is 37.8. The van der Waals surface area contributed by atoms with Crippen molar-refractivity contribution in [3.63, 3.8) is 0 Å². The highest BCUT2D eigenvalue weighted by atomic mass is 16.5. The summed E-state index contributed by atoms with van der Waals surface area (Å²) < 4.78 is 24.8. The van der Waals surface area contributed by atoms with Gasteiger partial charge in [-0.3, -0.25) is 29.4 Å². The molecule has 0 bridgehead atoms. The molecule has 59 heavy (non-hydrogen) atoms. The SMILES string of the molecule is COc1cc2c(cc1OCc1cc(COc3cc4c(cc3C)C(=O)N3c5ccccc5C[C@H]3C=N4)cc(OCCCCC(C)=O)c1)N=C[C@@H]1Cc3ccccc3N1C2=O. The van der Waals surface area contributed by atoms with Gasteiger partial charge in [0.05, 0.1) is 48.3 Å². The zero-order chi connectivity index (χ0) is 40.6. The average molecular weight is 789 g/mol. The molecule has 5 aromatic rings. The zero-order valence-corrected chi connectivity index (χ0v) is 33.3. The molecule has 4 heterocycles. The molecule has 2 atom stereocenters. The molecule has 0 spiro atoms. The van der Waals surface area contributed by atoms with E-state index in [2.05, 4.69) is 6.07 Å². The number of benzene rings is 5. The number of amides is 2. The normalized spacial score (nSPS) is 16.9. The van der Waals surface area contributed by atoms with Gasteiger partial charge in [-0.2, -0.15) is 0 Å². The van der Waals surface area contributed by atoms with Gasteiger partial charge in [-0.15, -0.1) is 0 Å². The number of unbranched alkanes of at least 4 members (excludes halogenated alkanes) is 1. The van der Waals surface area contributed by atoms with Crippen molar-refractivity contribution in [3.8, 4) is 23.0 Å². The molecule has 4 aliphatic rings. The summed E-state index contributed by atoms with van der Waals surface area (Å²) >= 11 is 0. The lowest BCUT2D eigenvalue weighted by atomic mass is 10.1. The van der Waals surface area contributed by atoms with Gasteiger partial charge in [0.15, 0.2) is 11.5 Å². The second-order valence-corrected chi connectivity index (χ2v) is 15.4. The number of para-hydroxylation sites is 2. The molecule has 11 heteroatoms. The molecule has 0 saturated heterocycles. The number of nitrogens with zero attached hydrogens (tertiary/aromatic N) is 4. The summed E-state index contributed by atoms with van der Waals surface area (Å²) in [6.45, 7) is 4.36. The van der Waals surface area contributed by atoms with Crippen molar-refractivity contribution in [2.75, 3.05) is 23.5 Å². The molecular formula is C48H44N4O7. The summed E-state index contributed by atoms with van der Waals surface area (Å²) in [5.41, 5.74) is 8.65. The van der Waals surface area contributed by atoms with Gasteiger partial charge >= 0.3 is 0 Å². The number of hydrogen-bond acceptors (Lipinski definition) is 9. The number of aryl methyl sites for hydroxylation is 1. The Morgan fingerprint density at radius 1 is 0.678 bits per heavy atom. The molecule has 0 aliphatic carbocycles. The van der Waals surface area contributed by atoms with Crippen LogP contribution in [0.2, 0.25) is 0 Å². The summed E-state index contributed by atoms with van der Waals surface area (Å²) in [7, 11) is 1.55. The van der Waals surface area contributed by atoms with Crippen molar-refractivity contribution in [1.82, 2.24) is 0 Å². The van der Waals surface area contributed by atoms with Gasteiger partial charge < -0.3 is 23.7 Å². The van der Waals surface area contributed by atoms with Crippen LogP contribution in [0.5, 0.6) is 23.0 Å². The monoisotopic (exact) mass is 788 g/mol. The fourth-order valence-electron chi connectivity index (χ4n) is 8.36. The van der Waals surface area contributed by atoms with Crippen LogP contribution >= 0.6 is 0 Å². The molecule has 0 radical (unpaired) electrons. The number of anilines is 2. The molecule has 4 aliphatic heterocycles. The predicted molar refractivity (Wildman–Crippen MR) is 227 cm³/mol. The summed E-state index contributed by atoms with van der Waals surface area (Å²) in [6, 6.07) is 28.7. The third kappa shape index (κ3) is 7.44. The first-order valence-corrected chi connectivity index (χ1v) is 20.0. The van der Waals surface area contributed by atoms with E-state index >= 15 is 0 Å². The summed E-state index contributed by atoms with van der Waals surface area (Å²) in [6.07, 6.45) is 7.12. The van der Waals surface area contributed by atoms with Gasteiger partial charge in [-0.25, -0.2) is 0 Å². The van der Waals surface area contributed by atoms with Gasteiger partial charge in [0.25, 0.3) is 11.8 Å². The minimum Gasteiger partial charge on any atom is -0.494 e. The van der Waals surface area contributed by atoms with Gasteiger partial charge in [0.2, 0.25) is 0 Å². The molecule has 0 N–H and O–H groups in total. The standard InChI is InChI=1S/C48H44N4O7/c1-29-16-38-40(49-25-35-20-33-11-4-6-13-42(33)51(35)47(38)54)23-44(29)58-27-31-17-32(19-37(18-31)57-15-9-8-10-30(2)53)28-59-46-24-41-39(22-45(46)56-3)48(55)52-36(26-50-41)21-34-12-5-7-14-43(34)52/h4-7,11-14,16-19,22-26,35-36H,8-10,15,20-21,27-28H2,1-3H3/t35-,36-/m0/s1. The van der Waals surface area contributed by atoms with Crippen molar-refractivity contribution >= 4 is 52.8 Å². The quantitative estimate of drug-likeness (QED) is 0.109. The number of ketones is 1. The summed E-state index contributed by atoms with van der Waals surface area (Å²) in [5, 5.41) is 0. The lowest BCUT2D eigenvalue weighted by Gasteiger charge is -2.22. The van der Waals surface area contributed by atoms with Crippen LogP contribution < -0.4 is 28.7 Å². The minimum atomic E-state index is -0.172. The lowest BCUT2D eigenvalue weighted by Crippen LogP contribution is -2.37. The van der Waals surface area contributed by atoms with E-state index in [9.17, 15) is 14.4 Å². The molecule has 0 unspecified atom stereocenters. The number of ether oxygens (including phenoxy) is 4. The molecule has 0 fully saturated rings. The van der Waals surface area contributed by atoms with Crippen LogP contribution in [0, 0.1) is 6.92 Å². The fraction of sp³-hybridized carbons (Fsp3) is 0.271. The minimum absolute atomic E-state index is 0.0736. The zero-order valence-electron chi connectivity index (χ0n) is 33.3. The molecule has 0 aromatic heterocycles. The van der Waals surface area contributed by atoms with E-state index in [0.717, 1.165) is 58.5 Å². The highest BCUT2D eigenvalue weighted by molar-refractivity contribution is 6.15. The van der Waals surface area contributed by atoms with Gasteiger partial charge in [-0.05, 0) is 97.0 Å². The second kappa shape index (κ2) is 15.9. The number of methoxy groups -OCH3 is 1. The van der Waals surface area contributed by atoms with Crippen LogP contribution in [0.15, 0.2) is 101 Å². The van der Waals surface area contributed by atoms with Crippen molar-refractivity contribution < 1.29 is 33.3 Å². The van der Waals surface area contributed by atoms with E-state index in [4.69, 9.17) is 28.9 Å². The summed E-state index contributed by atoms with van der Waals surface area (Å²) in [5.74, 6) is 2.09. The smallest absolute Gasteiger partial charge is 0.261 e. The fourth-order valence-corrected chi connectivity index (χ4v) is 8.36. The average Bonchev–Trinajstić information content (AvgIpc) is 3.73. The van der Waals surface area contributed by atoms with Gasteiger partial charge in [0, 0.05) is 55.2 Å². The maximum atomic E-state index is 13.9. The summed E-state index contributed by atoms with van der Waals surface area (Å²) in [4.78, 5) is 52.5. The lowest BCUT2D eigenvalue weighted by molar-refractivity contribution is -0.117. The number of hydrogen-bond donors (Lipinski definition) is 0. The second-order valence-electron chi connectivity index (χ2n) is 15.4. The van der Waals surface area contributed by atoms with E-state index < -0.39 is 0 Å². The highest BCUT2D eigenvalue weighted by Gasteiger charge is 2.38. The molecule has 11 nitrogen and oxygen atoms in total. The van der Waals surface area contributed by atoms with Crippen LogP contribution in [0.3, 0.4) is 0 Å². The number of carbonyl (C=O) groups excluding carboxylic acids is 3. The van der Waals surface area contributed by atoms with E-state index in [-0.39, 0.29) is 42.9 Å². The van der Waals surface area contributed by atoms with E-state index in [1.165, 1.54) is 0 Å². The highest BCUT2D eigenvalue weighted by Crippen LogP contribution is 2.42. The third-order valence-corrected chi connectivity index (χ3v) is 11.3. The Kier molecular flexibility index (Phi) is 10.2. The van der Waals surface area contributed by atoms with Crippen molar-refractivity contribution in [2.45, 2.75) is 71.2 Å². The van der Waals surface area contributed by atoms with Crippen LogP contribution in [0.25, 0.3) is 0 Å². The first-order valence-electron chi connectivity index (χ1n) is 20.0. The Morgan fingerprint density at radius 2 is 1.24 bits per heavy atom. The van der Waals surface area contributed by atoms with Crippen LogP contribution in [-0.2, 0) is 30.8 Å². The Balaban J connectivity index is 0.944. The van der Waals surface area contributed by atoms with Gasteiger partial charge in [0.1, 0.15) is 30.5 Å². The van der Waals surface area contributed by atoms with Crippen molar-refractivity contribution in [3.05, 3.63) is 130 Å². The van der Waals surface area contributed by atoms with Crippen LogP contribution in [-0.4, -0.2) is 55.8 Å². The molecule has 2 amide bonds. The van der Waals surface area contributed by atoms with E-state index in [1.807, 2.05) is 102 Å². The Bertz CT molecular complexity index is 2560. The Labute approximate surface area is 342 Å². The maximum Gasteiger partial charge on any atom is 0.261 e. The molecule has 298 valence electrons. The Hall–Kier alpha value is -6.75. The third-order valence-electron chi connectivity index (χ3n) is 11.3. The number of rotatable bonds is 13. The molecule has 9 rings (SSSR count). The van der Waals surface area contributed by atoms with E-state index in [0.29, 0.717) is 64.9 Å². The number of aliphatic imine (C=N–C) groups is 2. The van der Waals surface area contributed by atoms with Crippen molar-refractivity contribution in [2.24, 2.45) is 9.98 Å². The number of carbonyl (C=O) groups is 3. The Morgan fingerprint density at radius 3 is 1.83 bits per heavy atom. The van der Waals surface area contributed by atoms with Crippen LogP contribution in [0.1, 0.15) is 74.7 Å². The number of fused-ring (bicyclic) bond motifs is 8. The molecule has 5 aromatic carbocycles. The maximum absolute atomic E-state index is 13.9. The first-order chi connectivity index (χ1) is 28.7.